The van der Waals surface area contributed by atoms with Crippen LogP contribution in [-0.4, -0.2) is 27.7 Å². The fraction of sp³-hybridized carbons (Fsp3) is 0.357. The van der Waals surface area contributed by atoms with Crippen LogP contribution in [0.25, 0.3) is 0 Å². The first kappa shape index (κ1) is 15.0. The average Bonchev–Trinajstić information content (AvgIpc) is 2.84. The normalized spacial score (nSPS) is 18.9. The third-order valence-corrected chi connectivity index (χ3v) is 4.42. The van der Waals surface area contributed by atoms with Crippen molar-refractivity contribution in [2.45, 2.75) is 25.5 Å². The number of hydrogen-bond donors (Lipinski definition) is 1. The zero-order valence-electron chi connectivity index (χ0n) is 11.5. The molecule has 20 heavy (non-hydrogen) atoms. The summed E-state index contributed by atoms with van der Waals surface area (Å²) in [6.45, 7) is 4.45. The van der Waals surface area contributed by atoms with Crippen molar-refractivity contribution in [2.75, 3.05) is 6.61 Å². The molecule has 0 saturated heterocycles. The molecule has 0 saturated carbocycles. The summed E-state index contributed by atoms with van der Waals surface area (Å²) in [5, 5.41) is 5.31. The molecule has 1 unspecified atom stereocenters. The highest BCUT2D eigenvalue weighted by molar-refractivity contribution is 8.16. The second kappa shape index (κ2) is 7.40. The van der Waals surface area contributed by atoms with Crippen LogP contribution in [0, 0.1) is 0 Å². The highest BCUT2D eigenvalue weighted by atomic mass is 32.2. The van der Waals surface area contributed by atoms with Crippen LogP contribution in [0.4, 0.5) is 0 Å². The van der Waals surface area contributed by atoms with Gasteiger partial charge in [0.2, 0.25) is 0 Å². The van der Waals surface area contributed by atoms with Crippen molar-refractivity contribution in [1.82, 2.24) is 5.43 Å². The number of amidine groups is 1. The Morgan fingerprint density at radius 2 is 2.20 bits per heavy atom. The molecule has 1 N–H and O–H groups in total. The van der Waals surface area contributed by atoms with Gasteiger partial charge in [-0.25, -0.2) is 4.99 Å². The van der Waals surface area contributed by atoms with Gasteiger partial charge in [0.15, 0.2) is 5.17 Å². The van der Waals surface area contributed by atoms with Gasteiger partial charge >= 0.3 is 0 Å². The Bertz CT molecular complexity index is 528. The van der Waals surface area contributed by atoms with Gasteiger partial charge in [-0.05, 0) is 25.5 Å². The number of hydrazone groups is 1. The standard InChI is InChI=1S/C14H17N3OS2/c1-3-12-13(19)15-14(20-12)17-16-10(2)9-18-11-7-5-4-6-8-11/h4-8,12H,3,9H2,1-2H3,(H,15,17,19)/b16-10+. The van der Waals surface area contributed by atoms with Crippen LogP contribution in [0.3, 0.4) is 0 Å². The van der Waals surface area contributed by atoms with Gasteiger partial charge in [0.1, 0.15) is 17.3 Å². The molecule has 0 amide bonds. The highest BCUT2D eigenvalue weighted by Gasteiger charge is 2.22. The number of thioether (sulfide) groups is 1. The summed E-state index contributed by atoms with van der Waals surface area (Å²) in [5.74, 6) is 0.835. The highest BCUT2D eigenvalue weighted by Crippen LogP contribution is 2.24. The number of rotatable bonds is 5. The van der Waals surface area contributed by atoms with E-state index in [2.05, 4.69) is 22.4 Å². The smallest absolute Gasteiger partial charge is 0.183 e. The van der Waals surface area contributed by atoms with Crippen molar-refractivity contribution < 1.29 is 4.74 Å². The minimum Gasteiger partial charge on any atom is -0.488 e. The Morgan fingerprint density at radius 3 is 2.85 bits per heavy atom. The summed E-state index contributed by atoms with van der Waals surface area (Å²) in [5.41, 5.74) is 3.80. The maximum Gasteiger partial charge on any atom is 0.183 e. The Hall–Kier alpha value is -1.40. The number of para-hydroxylation sites is 1. The Labute approximate surface area is 128 Å². The van der Waals surface area contributed by atoms with Crippen LogP contribution in [0.15, 0.2) is 40.4 Å². The van der Waals surface area contributed by atoms with Crippen molar-refractivity contribution in [3.8, 4) is 5.75 Å². The maximum atomic E-state index is 5.60. The summed E-state index contributed by atoms with van der Waals surface area (Å²) in [6.07, 6.45) is 0.984. The summed E-state index contributed by atoms with van der Waals surface area (Å²) >= 11 is 6.82. The van der Waals surface area contributed by atoms with Crippen LogP contribution in [0.1, 0.15) is 20.3 Å². The van der Waals surface area contributed by atoms with Crippen molar-refractivity contribution in [3.63, 3.8) is 0 Å². The third-order valence-electron chi connectivity index (χ3n) is 2.65. The van der Waals surface area contributed by atoms with Crippen LogP contribution in [0.5, 0.6) is 5.75 Å². The Kier molecular flexibility index (Phi) is 5.55. The van der Waals surface area contributed by atoms with Gasteiger partial charge in [0, 0.05) is 0 Å². The summed E-state index contributed by atoms with van der Waals surface area (Å²) in [6, 6.07) is 9.67. The number of nitrogens with one attached hydrogen (secondary N) is 1. The fourth-order valence-electron chi connectivity index (χ4n) is 1.57. The van der Waals surface area contributed by atoms with E-state index in [1.165, 1.54) is 0 Å². The molecule has 1 aliphatic rings. The topological polar surface area (TPSA) is 46.0 Å². The first-order valence-electron chi connectivity index (χ1n) is 6.45. The van der Waals surface area contributed by atoms with E-state index in [-0.39, 0.29) is 0 Å². The van der Waals surface area contributed by atoms with Crippen LogP contribution < -0.4 is 10.2 Å². The fourth-order valence-corrected chi connectivity index (χ4v) is 2.87. The number of benzene rings is 1. The zero-order valence-corrected chi connectivity index (χ0v) is 13.1. The van der Waals surface area contributed by atoms with Gasteiger partial charge < -0.3 is 4.74 Å². The molecule has 0 aliphatic carbocycles. The lowest BCUT2D eigenvalue weighted by molar-refractivity contribution is 0.375. The Morgan fingerprint density at radius 1 is 1.45 bits per heavy atom. The van der Waals surface area contributed by atoms with Crippen LogP contribution in [0.2, 0.25) is 0 Å². The molecule has 2 rings (SSSR count). The quantitative estimate of drug-likeness (QED) is 0.515. The number of aliphatic imine (C=N–C) groups is 1. The molecule has 106 valence electrons. The zero-order chi connectivity index (χ0) is 14.4. The third kappa shape index (κ3) is 4.31. The molecule has 4 nitrogen and oxygen atoms in total. The SMILES string of the molecule is CCC1SC(N/N=C(\C)COc2ccccc2)=NC1=S. The van der Waals surface area contributed by atoms with E-state index in [9.17, 15) is 0 Å². The summed E-state index contributed by atoms with van der Waals surface area (Å²) in [4.78, 5) is 5.03. The number of hydrogen-bond acceptors (Lipinski definition) is 5. The largest absolute Gasteiger partial charge is 0.488 e. The van der Waals surface area contributed by atoms with Gasteiger partial charge in [-0.15, -0.1) is 0 Å². The maximum absolute atomic E-state index is 5.60. The second-order valence-electron chi connectivity index (χ2n) is 4.33. The van der Waals surface area contributed by atoms with Gasteiger partial charge in [0.25, 0.3) is 0 Å². The van der Waals surface area contributed by atoms with Crippen molar-refractivity contribution >= 4 is 39.8 Å². The van der Waals surface area contributed by atoms with E-state index in [1.54, 1.807) is 11.8 Å². The molecule has 1 atom stereocenters. The molecule has 1 aromatic rings. The number of ether oxygens (including phenoxy) is 1. The van der Waals surface area contributed by atoms with E-state index in [4.69, 9.17) is 17.0 Å². The van der Waals surface area contributed by atoms with Crippen molar-refractivity contribution in [1.29, 1.82) is 0 Å². The van der Waals surface area contributed by atoms with Crippen molar-refractivity contribution in [2.24, 2.45) is 10.1 Å². The summed E-state index contributed by atoms with van der Waals surface area (Å²) < 4.78 is 5.60. The first-order valence-corrected chi connectivity index (χ1v) is 7.74. The average molecular weight is 307 g/mol. The lowest BCUT2D eigenvalue weighted by Gasteiger charge is -2.06. The minimum atomic E-state index is 0.295. The Balaban J connectivity index is 1.80. The molecule has 0 spiro atoms. The van der Waals surface area contributed by atoms with E-state index in [0.717, 1.165) is 28.0 Å². The van der Waals surface area contributed by atoms with Crippen molar-refractivity contribution in [3.05, 3.63) is 30.3 Å². The lowest BCUT2D eigenvalue weighted by Crippen LogP contribution is -2.18. The monoisotopic (exact) mass is 307 g/mol. The molecule has 0 radical (unpaired) electrons. The lowest BCUT2D eigenvalue weighted by atomic mass is 10.3. The van der Waals surface area contributed by atoms with Gasteiger partial charge in [0.05, 0.1) is 11.0 Å². The van der Waals surface area contributed by atoms with Crippen LogP contribution in [-0.2, 0) is 0 Å². The van der Waals surface area contributed by atoms with Gasteiger partial charge in [-0.1, -0.05) is 49.1 Å². The first-order chi connectivity index (χ1) is 9.69. The van der Waals surface area contributed by atoms with Gasteiger partial charge in [-0.2, -0.15) is 5.10 Å². The second-order valence-corrected chi connectivity index (χ2v) is 5.94. The molecule has 0 fully saturated rings. The number of nitrogens with zero attached hydrogens (tertiary/aromatic N) is 2. The van der Waals surface area contributed by atoms with E-state index >= 15 is 0 Å². The molecule has 1 aromatic carbocycles. The molecule has 0 aromatic heterocycles. The minimum absolute atomic E-state index is 0.295. The van der Waals surface area contributed by atoms with Gasteiger partial charge in [-0.3, -0.25) is 5.43 Å². The molecule has 0 bridgehead atoms. The summed E-state index contributed by atoms with van der Waals surface area (Å²) in [7, 11) is 0. The molecular formula is C14H17N3OS2. The number of thiocarbonyl (C=S) groups is 1. The van der Waals surface area contributed by atoms with E-state index in [0.29, 0.717) is 11.9 Å². The predicted molar refractivity (Wildman–Crippen MR) is 89.9 cm³/mol. The van der Waals surface area contributed by atoms with E-state index in [1.807, 2.05) is 37.3 Å². The molecule has 6 heteroatoms. The van der Waals surface area contributed by atoms with Crippen LogP contribution >= 0.6 is 24.0 Å². The molecular weight excluding hydrogens is 290 g/mol. The van der Waals surface area contributed by atoms with E-state index < -0.39 is 0 Å². The predicted octanol–water partition coefficient (Wildman–Crippen LogP) is 3.24. The molecule has 1 aliphatic heterocycles. The molecule has 1 heterocycles.